The fraction of sp³-hybridized carbons (Fsp3) is 0.120. The molecule has 6 heteroatoms. The topological polar surface area (TPSA) is 55.6 Å². The normalized spacial score (nSPS) is 11.2. The second-order valence-corrected chi connectivity index (χ2v) is 7.61. The van der Waals surface area contributed by atoms with Crippen LogP contribution in [0.1, 0.15) is 16.7 Å². The van der Waals surface area contributed by atoms with Crippen LogP contribution < -0.4 is 10.2 Å². The van der Waals surface area contributed by atoms with Crippen molar-refractivity contribution in [3.63, 3.8) is 0 Å². The minimum atomic E-state index is -0.175. The molecular formula is C25H22ClN3O2. The van der Waals surface area contributed by atoms with Crippen molar-refractivity contribution in [2.75, 3.05) is 7.11 Å². The summed E-state index contributed by atoms with van der Waals surface area (Å²) in [7, 11) is 1.61. The van der Waals surface area contributed by atoms with Crippen molar-refractivity contribution in [1.29, 1.82) is 0 Å². The molecule has 0 aliphatic rings. The van der Waals surface area contributed by atoms with E-state index < -0.39 is 0 Å². The Kier molecular flexibility index (Phi) is 6.34. The molecule has 0 aliphatic carbocycles. The average Bonchev–Trinajstić information content (AvgIpc) is 3.13. The van der Waals surface area contributed by atoms with Gasteiger partial charge in [-0.3, -0.25) is 4.79 Å². The molecule has 156 valence electrons. The van der Waals surface area contributed by atoms with Crippen molar-refractivity contribution in [2.45, 2.75) is 13.0 Å². The zero-order valence-corrected chi connectivity index (χ0v) is 17.8. The third kappa shape index (κ3) is 5.13. The summed E-state index contributed by atoms with van der Waals surface area (Å²) in [4.78, 5) is 12.2. The lowest BCUT2D eigenvalue weighted by Gasteiger charge is -2.05. The Hall–Kier alpha value is -3.57. The molecule has 4 rings (SSSR count). The number of fused-ring (bicyclic) bond motifs is 1. The number of methoxy groups -OCH3 is 1. The van der Waals surface area contributed by atoms with Gasteiger partial charge in [0, 0.05) is 34.2 Å². The predicted octanol–water partition coefficient (Wildman–Crippen LogP) is 5.04. The number of ether oxygens (including phenoxy) is 1. The third-order valence-corrected chi connectivity index (χ3v) is 5.25. The third-order valence-electron chi connectivity index (χ3n) is 5.00. The molecule has 0 fully saturated rings. The molecule has 0 unspecified atom stereocenters. The Labute approximate surface area is 185 Å². The van der Waals surface area contributed by atoms with Crippen LogP contribution in [-0.2, 0) is 17.8 Å². The molecule has 1 amide bonds. The van der Waals surface area contributed by atoms with Crippen molar-refractivity contribution in [3.05, 3.63) is 101 Å². The van der Waals surface area contributed by atoms with Crippen LogP contribution in [0.4, 0.5) is 0 Å². The quantitative estimate of drug-likeness (QED) is 0.329. The van der Waals surface area contributed by atoms with Gasteiger partial charge in [-0.1, -0.05) is 54.1 Å². The standard InChI is InChI=1S/C25H22ClN3O2/c1-31-22-12-8-18(9-13-22)14-25(30)28-27-15-20-17-29(24-5-3-2-4-23(20)24)16-19-6-10-21(26)11-7-19/h2-13,15,17H,14,16H2,1H3,(H,28,30)/b27-15-. The van der Waals surface area contributed by atoms with Gasteiger partial charge in [-0.05, 0) is 41.5 Å². The van der Waals surface area contributed by atoms with Crippen molar-refractivity contribution < 1.29 is 9.53 Å². The number of carbonyl (C=O) groups excluding carboxylic acids is 1. The monoisotopic (exact) mass is 431 g/mol. The summed E-state index contributed by atoms with van der Waals surface area (Å²) in [6.07, 6.45) is 3.98. The van der Waals surface area contributed by atoms with Gasteiger partial charge in [0.15, 0.2) is 0 Å². The number of halogens is 1. The molecule has 0 bridgehead atoms. The van der Waals surface area contributed by atoms with E-state index in [0.29, 0.717) is 0 Å². The predicted molar refractivity (Wildman–Crippen MR) is 125 cm³/mol. The first-order valence-corrected chi connectivity index (χ1v) is 10.3. The fourth-order valence-corrected chi connectivity index (χ4v) is 3.56. The maximum atomic E-state index is 12.2. The Balaban J connectivity index is 1.46. The molecule has 1 N–H and O–H groups in total. The van der Waals surface area contributed by atoms with Crippen LogP contribution in [0.3, 0.4) is 0 Å². The van der Waals surface area contributed by atoms with E-state index in [1.807, 2.05) is 72.9 Å². The summed E-state index contributed by atoms with van der Waals surface area (Å²) in [5.41, 5.74) is 6.70. The molecule has 0 radical (unpaired) electrons. The van der Waals surface area contributed by atoms with Gasteiger partial charge in [0.05, 0.1) is 19.7 Å². The number of benzene rings is 3. The number of para-hydroxylation sites is 1. The van der Waals surface area contributed by atoms with Crippen molar-refractivity contribution in [2.24, 2.45) is 5.10 Å². The number of amides is 1. The highest BCUT2D eigenvalue weighted by Gasteiger charge is 2.08. The molecule has 5 nitrogen and oxygen atoms in total. The van der Waals surface area contributed by atoms with E-state index in [9.17, 15) is 4.79 Å². The number of hydrogen-bond donors (Lipinski definition) is 1. The molecule has 4 aromatic rings. The zero-order valence-electron chi connectivity index (χ0n) is 17.1. The van der Waals surface area contributed by atoms with Crippen molar-refractivity contribution in [3.8, 4) is 5.75 Å². The molecule has 0 spiro atoms. The summed E-state index contributed by atoms with van der Waals surface area (Å²) < 4.78 is 7.30. The molecule has 0 saturated heterocycles. The summed E-state index contributed by atoms with van der Waals surface area (Å²) in [5, 5.41) is 5.97. The maximum Gasteiger partial charge on any atom is 0.244 e. The molecular weight excluding hydrogens is 410 g/mol. The van der Waals surface area contributed by atoms with E-state index >= 15 is 0 Å². The van der Waals surface area contributed by atoms with Crippen molar-refractivity contribution >= 4 is 34.6 Å². The maximum absolute atomic E-state index is 12.2. The smallest absolute Gasteiger partial charge is 0.244 e. The van der Waals surface area contributed by atoms with Crippen LogP contribution in [0.15, 0.2) is 84.1 Å². The molecule has 0 atom stereocenters. The van der Waals surface area contributed by atoms with Gasteiger partial charge in [-0.25, -0.2) is 5.43 Å². The number of carbonyl (C=O) groups is 1. The number of hydrogen-bond acceptors (Lipinski definition) is 3. The van der Waals surface area contributed by atoms with Gasteiger partial charge < -0.3 is 9.30 Å². The van der Waals surface area contributed by atoms with Crippen LogP contribution in [0.25, 0.3) is 10.9 Å². The lowest BCUT2D eigenvalue weighted by atomic mass is 10.1. The van der Waals surface area contributed by atoms with Crippen LogP contribution in [-0.4, -0.2) is 23.8 Å². The average molecular weight is 432 g/mol. The Morgan fingerprint density at radius 1 is 1.03 bits per heavy atom. The van der Waals surface area contributed by atoms with E-state index in [1.54, 1.807) is 13.3 Å². The minimum absolute atomic E-state index is 0.175. The number of nitrogens with zero attached hydrogens (tertiary/aromatic N) is 2. The van der Waals surface area contributed by atoms with Gasteiger partial charge >= 0.3 is 0 Å². The van der Waals surface area contributed by atoms with E-state index in [4.69, 9.17) is 16.3 Å². The fourth-order valence-electron chi connectivity index (χ4n) is 3.44. The largest absolute Gasteiger partial charge is 0.497 e. The first kappa shape index (κ1) is 20.7. The Morgan fingerprint density at radius 2 is 1.74 bits per heavy atom. The lowest BCUT2D eigenvalue weighted by Crippen LogP contribution is -2.19. The van der Waals surface area contributed by atoms with Crippen LogP contribution in [0.2, 0.25) is 5.02 Å². The molecule has 31 heavy (non-hydrogen) atoms. The number of rotatable bonds is 7. The molecule has 0 aliphatic heterocycles. The van der Waals surface area contributed by atoms with Gasteiger partial charge in [0.1, 0.15) is 5.75 Å². The highest BCUT2D eigenvalue weighted by molar-refractivity contribution is 6.30. The second kappa shape index (κ2) is 9.49. The van der Waals surface area contributed by atoms with E-state index in [1.165, 1.54) is 0 Å². The molecule has 3 aromatic carbocycles. The Bertz CT molecular complexity index is 1210. The van der Waals surface area contributed by atoms with Crippen molar-refractivity contribution in [1.82, 2.24) is 9.99 Å². The number of nitrogens with one attached hydrogen (secondary N) is 1. The molecule has 0 saturated carbocycles. The van der Waals surface area contributed by atoms with Crippen LogP contribution >= 0.6 is 11.6 Å². The number of hydrazone groups is 1. The zero-order chi connectivity index (χ0) is 21.6. The molecule has 1 heterocycles. The SMILES string of the molecule is COc1ccc(CC(=O)N/N=C\c2cn(Cc3ccc(Cl)cc3)c3ccccc23)cc1. The minimum Gasteiger partial charge on any atom is -0.497 e. The first-order valence-electron chi connectivity index (χ1n) is 9.89. The van der Waals surface area contributed by atoms with Crippen LogP contribution in [0, 0.1) is 0 Å². The van der Waals surface area contributed by atoms with E-state index in [2.05, 4.69) is 21.2 Å². The van der Waals surface area contributed by atoms with E-state index in [0.717, 1.165) is 44.9 Å². The van der Waals surface area contributed by atoms with Gasteiger partial charge in [-0.2, -0.15) is 5.10 Å². The lowest BCUT2D eigenvalue weighted by molar-refractivity contribution is -0.120. The van der Waals surface area contributed by atoms with Gasteiger partial charge in [0.2, 0.25) is 5.91 Å². The molecule has 1 aromatic heterocycles. The Morgan fingerprint density at radius 3 is 2.48 bits per heavy atom. The summed E-state index contributed by atoms with van der Waals surface area (Å²) >= 11 is 6.00. The highest BCUT2D eigenvalue weighted by atomic mass is 35.5. The summed E-state index contributed by atoms with van der Waals surface area (Å²) in [6.45, 7) is 0.718. The first-order chi connectivity index (χ1) is 15.1. The summed E-state index contributed by atoms with van der Waals surface area (Å²) in [6, 6.07) is 23.4. The number of aromatic nitrogens is 1. The van der Waals surface area contributed by atoms with Gasteiger partial charge in [-0.15, -0.1) is 0 Å². The summed E-state index contributed by atoms with van der Waals surface area (Å²) in [5.74, 6) is 0.587. The second-order valence-electron chi connectivity index (χ2n) is 7.17. The highest BCUT2D eigenvalue weighted by Crippen LogP contribution is 2.22. The van der Waals surface area contributed by atoms with E-state index in [-0.39, 0.29) is 12.3 Å². The van der Waals surface area contributed by atoms with Crippen LogP contribution in [0.5, 0.6) is 5.75 Å². The van der Waals surface area contributed by atoms with Gasteiger partial charge in [0.25, 0.3) is 0 Å².